The van der Waals surface area contributed by atoms with Crippen LogP contribution in [0, 0.1) is 0 Å². The van der Waals surface area contributed by atoms with Crippen molar-refractivity contribution >= 4 is 0 Å². The number of benzene rings is 1. The maximum atomic E-state index is 5.97. The Morgan fingerprint density at radius 1 is 1.41 bits per heavy atom. The van der Waals surface area contributed by atoms with Gasteiger partial charge in [-0.2, -0.15) is 0 Å². The van der Waals surface area contributed by atoms with E-state index in [0.29, 0.717) is 6.61 Å². The Morgan fingerprint density at radius 3 is 2.76 bits per heavy atom. The summed E-state index contributed by atoms with van der Waals surface area (Å²) in [4.78, 5) is 0. The summed E-state index contributed by atoms with van der Waals surface area (Å²) in [7, 11) is 0. The third-order valence-electron chi connectivity index (χ3n) is 3.17. The molecule has 0 amide bonds. The van der Waals surface area contributed by atoms with Crippen LogP contribution in [0.2, 0.25) is 0 Å². The molecule has 2 N–H and O–H groups in total. The highest BCUT2D eigenvalue weighted by molar-refractivity contribution is 5.29. The molecule has 0 spiro atoms. The van der Waals surface area contributed by atoms with Gasteiger partial charge in [0, 0.05) is 12.6 Å². The van der Waals surface area contributed by atoms with E-state index >= 15 is 0 Å². The van der Waals surface area contributed by atoms with Crippen molar-refractivity contribution < 1.29 is 9.47 Å². The highest BCUT2D eigenvalue weighted by atomic mass is 16.5. The minimum Gasteiger partial charge on any atom is -0.488 e. The molecule has 3 nitrogen and oxygen atoms in total. The van der Waals surface area contributed by atoms with Gasteiger partial charge < -0.3 is 15.2 Å². The summed E-state index contributed by atoms with van der Waals surface area (Å²) in [6.45, 7) is 3.66. The maximum Gasteiger partial charge on any atom is 0.122 e. The maximum absolute atomic E-state index is 5.97. The molecule has 1 aliphatic rings. The van der Waals surface area contributed by atoms with Crippen LogP contribution in [0.4, 0.5) is 0 Å². The number of hydrogen-bond donors (Lipinski definition) is 1. The zero-order valence-corrected chi connectivity index (χ0v) is 10.4. The van der Waals surface area contributed by atoms with E-state index in [4.69, 9.17) is 15.2 Å². The molecule has 0 aliphatic carbocycles. The first-order valence-electron chi connectivity index (χ1n) is 6.39. The first kappa shape index (κ1) is 12.4. The van der Waals surface area contributed by atoms with Gasteiger partial charge in [0.15, 0.2) is 0 Å². The molecular formula is C14H21NO2. The van der Waals surface area contributed by atoms with Gasteiger partial charge in [-0.1, -0.05) is 19.1 Å². The average molecular weight is 235 g/mol. The van der Waals surface area contributed by atoms with Crippen molar-refractivity contribution in [3.63, 3.8) is 0 Å². The topological polar surface area (TPSA) is 44.5 Å². The Morgan fingerprint density at radius 2 is 2.18 bits per heavy atom. The van der Waals surface area contributed by atoms with E-state index in [9.17, 15) is 0 Å². The molecule has 0 bridgehead atoms. The molecule has 1 fully saturated rings. The lowest BCUT2D eigenvalue weighted by Crippen LogP contribution is -2.27. The zero-order valence-electron chi connectivity index (χ0n) is 10.4. The summed E-state index contributed by atoms with van der Waals surface area (Å²) >= 11 is 0. The number of nitrogens with two attached hydrogens (primary N) is 1. The second-order valence-electron chi connectivity index (χ2n) is 4.54. The van der Waals surface area contributed by atoms with E-state index in [1.165, 1.54) is 5.56 Å². The van der Waals surface area contributed by atoms with E-state index in [1.54, 1.807) is 0 Å². The first-order valence-corrected chi connectivity index (χ1v) is 6.39. The molecule has 1 saturated heterocycles. The molecule has 1 heterocycles. The summed E-state index contributed by atoms with van der Waals surface area (Å²) in [5, 5.41) is 0. The normalized spacial score (nSPS) is 22.1. The van der Waals surface area contributed by atoms with E-state index < -0.39 is 0 Å². The van der Waals surface area contributed by atoms with Gasteiger partial charge in [-0.05, 0) is 37.0 Å². The number of ether oxygens (including phenoxy) is 2. The van der Waals surface area contributed by atoms with Gasteiger partial charge in [0.25, 0.3) is 0 Å². The van der Waals surface area contributed by atoms with Crippen molar-refractivity contribution in [3.05, 3.63) is 29.8 Å². The summed E-state index contributed by atoms with van der Waals surface area (Å²) in [5.41, 5.74) is 7.13. The van der Waals surface area contributed by atoms with Gasteiger partial charge in [0.05, 0.1) is 6.61 Å². The van der Waals surface area contributed by atoms with Crippen LogP contribution in [0.15, 0.2) is 24.3 Å². The van der Waals surface area contributed by atoms with Crippen LogP contribution in [-0.4, -0.2) is 19.3 Å². The molecular weight excluding hydrogens is 214 g/mol. The van der Waals surface area contributed by atoms with E-state index in [2.05, 4.69) is 6.92 Å². The standard InChI is InChI=1S/C14H21NO2/c1-2-14(15)11-5-7-12(8-6-11)17-13-4-3-9-16-10-13/h5-8,13-14H,2-4,9-10,15H2,1H3/t13?,14-/m0/s1. The van der Waals surface area contributed by atoms with Gasteiger partial charge in [-0.3, -0.25) is 0 Å². The Balaban J connectivity index is 1.93. The lowest BCUT2D eigenvalue weighted by atomic mass is 10.1. The molecule has 2 rings (SSSR count). The molecule has 1 unspecified atom stereocenters. The van der Waals surface area contributed by atoms with Gasteiger partial charge in [0.1, 0.15) is 11.9 Å². The fourth-order valence-corrected chi connectivity index (χ4v) is 2.03. The molecule has 0 aromatic heterocycles. The third kappa shape index (κ3) is 3.45. The van der Waals surface area contributed by atoms with Crippen molar-refractivity contribution in [3.8, 4) is 5.75 Å². The highest BCUT2D eigenvalue weighted by Crippen LogP contribution is 2.21. The second-order valence-corrected chi connectivity index (χ2v) is 4.54. The van der Waals surface area contributed by atoms with Gasteiger partial charge >= 0.3 is 0 Å². The SMILES string of the molecule is CC[C@H](N)c1ccc(OC2CCCOC2)cc1. The minimum atomic E-state index is 0.127. The van der Waals surface area contributed by atoms with Crippen molar-refractivity contribution in [1.82, 2.24) is 0 Å². The monoisotopic (exact) mass is 235 g/mol. The number of hydrogen-bond acceptors (Lipinski definition) is 3. The van der Waals surface area contributed by atoms with Crippen molar-refractivity contribution in [1.29, 1.82) is 0 Å². The van der Waals surface area contributed by atoms with Crippen LogP contribution in [0.1, 0.15) is 37.8 Å². The molecule has 3 heteroatoms. The molecule has 2 atom stereocenters. The zero-order chi connectivity index (χ0) is 12.1. The van der Waals surface area contributed by atoms with Crippen molar-refractivity contribution in [2.75, 3.05) is 13.2 Å². The van der Waals surface area contributed by atoms with Crippen molar-refractivity contribution in [2.24, 2.45) is 5.73 Å². The van der Waals surface area contributed by atoms with Gasteiger partial charge in [-0.15, -0.1) is 0 Å². The van der Waals surface area contributed by atoms with Gasteiger partial charge in [0.2, 0.25) is 0 Å². The van der Waals surface area contributed by atoms with Crippen LogP contribution in [0.25, 0.3) is 0 Å². The lowest BCUT2D eigenvalue weighted by molar-refractivity contribution is 0.00742. The third-order valence-corrected chi connectivity index (χ3v) is 3.17. The summed E-state index contributed by atoms with van der Waals surface area (Å²) in [6.07, 6.45) is 3.32. The predicted molar refractivity (Wildman–Crippen MR) is 68.1 cm³/mol. The van der Waals surface area contributed by atoms with Crippen molar-refractivity contribution in [2.45, 2.75) is 38.3 Å². The first-order chi connectivity index (χ1) is 8.29. The summed E-state index contributed by atoms with van der Waals surface area (Å²) < 4.78 is 11.2. The van der Waals surface area contributed by atoms with E-state index in [-0.39, 0.29) is 12.1 Å². The molecule has 17 heavy (non-hydrogen) atoms. The average Bonchev–Trinajstić information content (AvgIpc) is 2.40. The highest BCUT2D eigenvalue weighted by Gasteiger charge is 2.15. The number of rotatable bonds is 4. The molecule has 0 saturated carbocycles. The van der Waals surface area contributed by atoms with Crippen LogP contribution >= 0.6 is 0 Å². The molecule has 0 radical (unpaired) electrons. The van der Waals surface area contributed by atoms with E-state index in [0.717, 1.165) is 31.6 Å². The molecule has 1 aromatic rings. The Bertz CT molecular complexity index is 331. The Hall–Kier alpha value is -1.06. The molecule has 94 valence electrons. The lowest BCUT2D eigenvalue weighted by Gasteiger charge is -2.23. The second kappa shape index (κ2) is 6.03. The summed E-state index contributed by atoms with van der Waals surface area (Å²) in [6, 6.07) is 8.22. The Labute approximate surface area is 103 Å². The minimum absolute atomic E-state index is 0.127. The van der Waals surface area contributed by atoms with E-state index in [1.807, 2.05) is 24.3 Å². The molecule has 1 aliphatic heterocycles. The fourth-order valence-electron chi connectivity index (χ4n) is 2.03. The largest absolute Gasteiger partial charge is 0.488 e. The quantitative estimate of drug-likeness (QED) is 0.872. The fraction of sp³-hybridized carbons (Fsp3) is 0.571. The van der Waals surface area contributed by atoms with Crippen LogP contribution in [-0.2, 0) is 4.74 Å². The van der Waals surface area contributed by atoms with Gasteiger partial charge in [-0.25, -0.2) is 0 Å². The smallest absolute Gasteiger partial charge is 0.122 e. The predicted octanol–water partition coefficient (Wildman–Crippen LogP) is 2.65. The van der Waals surface area contributed by atoms with Crippen LogP contribution < -0.4 is 10.5 Å². The van der Waals surface area contributed by atoms with Crippen LogP contribution in [0.3, 0.4) is 0 Å². The summed E-state index contributed by atoms with van der Waals surface area (Å²) in [5.74, 6) is 0.910. The Kier molecular flexibility index (Phi) is 4.40. The van der Waals surface area contributed by atoms with Crippen LogP contribution in [0.5, 0.6) is 5.75 Å². The molecule has 1 aromatic carbocycles.